The molecule has 1 aliphatic rings. The van der Waals surface area contributed by atoms with Crippen molar-refractivity contribution in [2.24, 2.45) is 7.05 Å². The maximum Gasteiger partial charge on any atom is 0.229 e. The van der Waals surface area contributed by atoms with E-state index in [1.165, 1.54) is 16.8 Å². The van der Waals surface area contributed by atoms with Crippen molar-refractivity contribution in [2.45, 2.75) is 18.9 Å². The minimum atomic E-state index is -3.21. The van der Waals surface area contributed by atoms with Gasteiger partial charge in [0.1, 0.15) is 5.02 Å². The van der Waals surface area contributed by atoms with Gasteiger partial charge in [0.05, 0.1) is 24.3 Å². The first kappa shape index (κ1) is 17.9. The molecule has 0 saturated carbocycles. The van der Waals surface area contributed by atoms with Gasteiger partial charge < -0.3 is 10.6 Å². The lowest BCUT2D eigenvalue weighted by molar-refractivity contribution is 0.402. The molecule has 3 rings (SSSR count). The van der Waals surface area contributed by atoms with E-state index in [2.05, 4.69) is 25.7 Å². The third-order valence-electron chi connectivity index (χ3n) is 3.96. The van der Waals surface area contributed by atoms with Crippen LogP contribution in [0.1, 0.15) is 12.8 Å². The lowest BCUT2D eigenvalue weighted by Crippen LogP contribution is -2.38. The summed E-state index contributed by atoms with van der Waals surface area (Å²) >= 11 is 6.15. The van der Waals surface area contributed by atoms with Crippen LogP contribution in [-0.4, -0.2) is 57.9 Å². The van der Waals surface area contributed by atoms with Gasteiger partial charge in [-0.05, 0) is 12.8 Å². The van der Waals surface area contributed by atoms with Crippen LogP contribution >= 0.6 is 11.6 Å². The van der Waals surface area contributed by atoms with Crippen molar-refractivity contribution in [1.82, 2.24) is 24.1 Å². The van der Waals surface area contributed by atoms with Gasteiger partial charge in [-0.3, -0.25) is 4.68 Å². The molecule has 1 saturated heterocycles. The maximum atomic E-state index is 11.8. The summed E-state index contributed by atoms with van der Waals surface area (Å²) in [5.74, 6) is 0.842. The molecule has 0 amide bonds. The van der Waals surface area contributed by atoms with Crippen molar-refractivity contribution in [3.63, 3.8) is 0 Å². The minimum absolute atomic E-state index is 0.101. The third-order valence-corrected chi connectivity index (χ3v) is 5.57. The van der Waals surface area contributed by atoms with Gasteiger partial charge in [0.2, 0.25) is 16.0 Å². The molecule has 2 aromatic rings. The Kier molecular flexibility index (Phi) is 5.11. The minimum Gasteiger partial charge on any atom is -0.367 e. The van der Waals surface area contributed by atoms with Gasteiger partial charge in [-0.15, -0.1) is 0 Å². The van der Waals surface area contributed by atoms with Crippen LogP contribution < -0.4 is 10.6 Å². The largest absolute Gasteiger partial charge is 0.367 e. The number of anilines is 3. The van der Waals surface area contributed by atoms with Crippen LogP contribution in [0.3, 0.4) is 0 Å². The molecule has 0 aromatic carbocycles. The zero-order chi connectivity index (χ0) is 18.0. The van der Waals surface area contributed by atoms with Crippen LogP contribution in [0.25, 0.3) is 0 Å². The second-order valence-corrected chi connectivity index (χ2v) is 8.31. The van der Waals surface area contributed by atoms with Crippen molar-refractivity contribution in [1.29, 1.82) is 0 Å². The quantitative estimate of drug-likeness (QED) is 0.775. The first-order valence-electron chi connectivity index (χ1n) is 7.82. The van der Waals surface area contributed by atoms with Gasteiger partial charge in [0, 0.05) is 32.4 Å². The topological polar surface area (TPSA) is 105 Å². The maximum absolute atomic E-state index is 11.8. The van der Waals surface area contributed by atoms with E-state index in [4.69, 9.17) is 11.6 Å². The van der Waals surface area contributed by atoms with Crippen LogP contribution in [0.15, 0.2) is 18.6 Å². The van der Waals surface area contributed by atoms with Crippen molar-refractivity contribution in [2.75, 3.05) is 30.0 Å². The highest BCUT2D eigenvalue weighted by molar-refractivity contribution is 7.88. The molecule has 25 heavy (non-hydrogen) atoms. The summed E-state index contributed by atoms with van der Waals surface area (Å²) in [5, 5.41) is 10.6. The molecule has 11 heteroatoms. The van der Waals surface area contributed by atoms with Gasteiger partial charge in [-0.2, -0.15) is 14.4 Å². The van der Waals surface area contributed by atoms with Crippen LogP contribution in [0.2, 0.25) is 5.02 Å². The van der Waals surface area contributed by atoms with E-state index < -0.39 is 10.0 Å². The van der Waals surface area contributed by atoms with E-state index in [1.54, 1.807) is 17.1 Å². The predicted molar refractivity (Wildman–Crippen MR) is 96.6 cm³/mol. The van der Waals surface area contributed by atoms with E-state index in [0.29, 0.717) is 29.9 Å². The molecule has 2 aromatic heterocycles. The Morgan fingerprint density at radius 3 is 2.88 bits per heavy atom. The zero-order valence-electron chi connectivity index (χ0n) is 14.0. The molecule has 0 bridgehead atoms. The van der Waals surface area contributed by atoms with E-state index in [-0.39, 0.29) is 6.04 Å². The van der Waals surface area contributed by atoms with Gasteiger partial charge in [-0.25, -0.2) is 13.4 Å². The Balaban J connectivity index is 1.68. The normalized spacial score (nSPS) is 18.4. The molecule has 3 heterocycles. The smallest absolute Gasteiger partial charge is 0.229 e. The van der Waals surface area contributed by atoms with E-state index in [0.717, 1.165) is 18.5 Å². The second kappa shape index (κ2) is 7.14. The highest BCUT2D eigenvalue weighted by Gasteiger charge is 2.31. The summed E-state index contributed by atoms with van der Waals surface area (Å²) in [6.07, 6.45) is 7.85. The summed E-state index contributed by atoms with van der Waals surface area (Å²) < 4.78 is 26.8. The number of rotatable bonds is 6. The average Bonchev–Trinajstić information content (AvgIpc) is 3.16. The van der Waals surface area contributed by atoms with E-state index in [1.807, 2.05) is 7.05 Å². The SMILES string of the molecule is Cn1cc(Nc2ncc(Cl)c(NCC3CCCN3S(C)(=O)=O)n2)cn1. The number of halogens is 1. The molecule has 0 spiro atoms. The molecule has 1 fully saturated rings. The molecular formula is C14H20ClN7O2S. The summed E-state index contributed by atoms with van der Waals surface area (Å²) in [6.45, 7) is 0.993. The first-order chi connectivity index (χ1) is 11.8. The first-order valence-corrected chi connectivity index (χ1v) is 10.0. The van der Waals surface area contributed by atoms with Gasteiger partial charge in [0.15, 0.2) is 5.82 Å². The number of hydrogen-bond donors (Lipinski definition) is 2. The summed E-state index contributed by atoms with van der Waals surface area (Å²) in [7, 11) is -1.39. The Morgan fingerprint density at radius 1 is 1.40 bits per heavy atom. The monoisotopic (exact) mass is 385 g/mol. The highest BCUT2D eigenvalue weighted by Crippen LogP contribution is 2.24. The standard InChI is InChI=1S/C14H20ClN7O2S/c1-21-9-10(6-18-21)19-14-17-8-12(15)13(20-14)16-7-11-4-3-5-22(11)25(2,23)24/h6,8-9,11H,3-5,7H2,1-2H3,(H2,16,17,19,20). The zero-order valence-corrected chi connectivity index (χ0v) is 15.5. The van der Waals surface area contributed by atoms with Crippen LogP contribution in [0.4, 0.5) is 17.5 Å². The number of aromatic nitrogens is 4. The van der Waals surface area contributed by atoms with Gasteiger partial charge in [0.25, 0.3) is 0 Å². The molecule has 1 aliphatic heterocycles. The van der Waals surface area contributed by atoms with E-state index in [9.17, 15) is 8.42 Å². The van der Waals surface area contributed by atoms with Crippen molar-refractivity contribution < 1.29 is 8.42 Å². The Labute approximate surface area is 151 Å². The second-order valence-electron chi connectivity index (χ2n) is 5.97. The fourth-order valence-electron chi connectivity index (χ4n) is 2.83. The van der Waals surface area contributed by atoms with E-state index >= 15 is 0 Å². The summed E-state index contributed by atoms with van der Waals surface area (Å²) in [4.78, 5) is 8.49. The fourth-order valence-corrected chi connectivity index (χ4v) is 4.17. The lowest BCUT2D eigenvalue weighted by Gasteiger charge is -2.22. The lowest BCUT2D eigenvalue weighted by atomic mass is 10.2. The van der Waals surface area contributed by atoms with Crippen LogP contribution in [0.5, 0.6) is 0 Å². The highest BCUT2D eigenvalue weighted by atomic mass is 35.5. The van der Waals surface area contributed by atoms with Crippen molar-refractivity contribution in [3.8, 4) is 0 Å². The molecule has 0 aliphatic carbocycles. The van der Waals surface area contributed by atoms with Crippen molar-refractivity contribution >= 4 is 39.1 Å². The Morgan fingerprint density at radius 2 is 2.20 bits per heavy atom. The molecule has 136 valence electrons. The number of sulfonamides is 1. The van der Waals surface area contributed by atoms with Crippen molar-refractivity contribution in [3.05, 3.63) is 23.6 Å². The third kappa shape index (κ3) is 4.39. The predicted octanol–water partition coefficient (Wildman–Crippen LogP) is 1.44. The number of nitrogens with zero attached hydrogens (tertiary/aromatic N) is 5. The molecule has 0 radical (unpaired) electrons. The summed E-state index contributed by atoms with van der Waals surface area (Å²) in [6, 6.07) is -0.101. The number of hydrogen-bond acceptors (Lipinski definition) is 7. The average molecular weight is 386 g/mol. The van der Waals surface area contributed by atoms with Gasteiger partial charge >= 0.3 is 0 Å². The molecule has 2 N–H and O–H groups in total. The van der Waals surface area contributed by atoms with Gasteiger partial charge in [-0.1, -0.05) is 11.6 Å². The molecule has 9 nitrogen and oxygen atoms in total. The fraction of sp³-hybridized carbons (Fsp3) is 0.500. The molecule has 1 unspecified atom stereocenters. The Hall–Kier alpha value is -1.91. The summed E-state index contributed by atoms with van der Waals surface area (Å²) in [5.41, 5.74) is 0.759. The number of nitrogens with one attached hydrogen (secondary N) is 2. The molecular weight excluding hydrogens is 366 g/mol. The molecule has 1 atom stereocenters. The van der Waals surface area contributed by atoms with Crippen LogP contribution in [-0.2, 0) is 17.1 Å². The van der Waals surface area contributed by atoms with Crippen LogP contribution in [0, 0.1) is 0 Å². The number of aryl methyl sites for hydroxylation is 1. The Bertz CT molecular complexity index is 855.